The Hall–Kier alpha value is -0.610. The van der Waals surface area contributed by atoms with E-state index in [2.05, 4.69) is 31.0 Å². The lowest BCUT2D eigenvalue weighted by molar-refractivity contribution is -0.123. The van der Waals surface area contributed by atoms with Crippen molar-refractivity contribution in [3.05, 3.63) is 0 Å². The molecule has 0 aromatic carbocycles. The number of nitrogens with one attached hydrogen (secondary N) is 1. The zero-order chi connectivity index (χ0) is 15.2. The molecule has 0 spiro atoms. The maximum absolute atomic E-state index is 12.1. The monoisotopic (exact) mass is 296 g/mol. The van der Waals surface area contributed by atoms with Crippen molar-refractivity contribution >= 4 is 5.91 Å². The first-order valence-electron chi connectivity index (χ1n) is 8.71. The Morgan fingerprint density at radius 1 is 1.24 bits per heavy atom. The van der Waals surface area contributed by atoms with Crippen LogP contribution in [0.5, 0.6) is 0 Å². The van der Waals surface area contributed by atoms with E-state index >= 15 is 0 Å². The lowest BCUT2D eigenvalue weighted by atomic mass is 9.99. The molecule has 122 valence electrons. The fourth-order valence-electron chi connectivity index (χ4n) is 3.78. The molecule has 0 saturated carbocycles. The summed E-state index contributed by atoms with van der Waals surface area (Å²) < 4.78 is 5.72. The Labute approximate surface area is 129 Å². The summed E-state index contributed by atoms with van der Waals surface area (Å²) in [5.41, 5.74) is 0. The van der Waals surface area contributed by atoms with Gasteiger partial charge in [0.1, 0.15) is 0 Å². The molecule has 2 aliphatic heterocycles. The summed E-state index contributed by atoms with van der Waals surface area (Å²) in [6, 6.07) is 0.953. The minimum Gasteiger partial charge on any atom is -0.378 e. The van der Waals surface area contributed by atoms with Crippen LogP contribution >= 0.6 is 0 Å². The van der Waals surface area contributed by atoms with Crippen LogP contribution in [-0.2, 0) is 9.53 Å². The van der Waals surface area contributed by atoms with Crippen LogP contribution in [0.25, 0.3) is 0 Å². The highest BCUT2D eigenvalue weighted by atomic mass is 16.5. The van der Waals surface area contributed by atoms with E-state index in [1.165, 1.54) is 25.8 Å². The van der Waals surface area contributed by atoms with Crippen LogP contribution in [0.15, 0.2) is 0 Å². The molecular weight excluding hydrogens is 264 g/mol. The fraction of sp³-hybridized carbons (Fsp3) is 0.941. The summed E-state index contributed by atoms with van der Waals surface area (Å²) in [5.74, 6) is 0.800. The zero-order valence-corrected chi connectivity index (χ0v) is 13.9. The average molecular weight is 296 g/mol. The first-order valence-corrected chi connectivity index (χ1v) is 8.71. The van der Waals surface area contributed by atoms with Crippen LogP contribution in [-0.4, -0.2) is 48.7 Å². The second-order valence-corrected chi connectivity index (χ2v) is 7.12. The van der Waals surface area contributed by atoms with Gasteiger partial charge in [0, 0.05) is 25.0 Å². The second-order valence-electron chi connectivity index (χ2n) is 7.12. The number of carbonyl (C=O) groups excluding carboxylic acids is 1. The summed E-state index contributed by atoms with van der Waals surface area (Å²) in [4.78, 5) is 14.6. The number of piperidine rings is 1. The molecule has 0 aliphatic carbocycles. The SMILES string of the molecule is CC(C)C[C@H](C)OCCC(=O)N[C@@H]1CCN2CCCC[C@@H]12. The fourth-order valence-corrected chi connectivity index (χ4v) is 3.78. The molecule has 2 heterocycles. The lowest BCUT2D eigenvalue weighted by Gasteiger charge is -2.32. The minimum absolute atomic E-state index is 0.157. The maximum atomic E-state index is 12.1. The summed E-state index contributed by atoms with van der Waals surface area (Å²) >= 11 is 0. The molecule has 1 amide bonds. The van der Waals surface area contributed by atoms with Gasteiger partial charge in [-0.2, -0.15) is 0 Å². The minimum atomic E-state index is 0.157. The molecule has 0 unspecified atom stereocenters. The Kier molecular flexibility index (Phi) is 6.49. The summed E-state index contributed by atoms with van der Waals surface area (Å²) in [5, 5.41) is 3.23. The van der Waals surface area contributed by atoms with Crippen LogP contribution in [0.2, 0.25) is 0 Å². The number of rotatable bonds is 7. The maximum Gasteiger partial charge on any atom is 0.222 e. The highest BCUT2D eigenvalue weighted by molar-refractivity contribution is 5.76. The molecule has 0 radical (unpaired) electrons. The number of hydrogen-bond donors (Lipinski definition) is 1. The molecule has 2 rings (SSSR count). The van der Waals surface area contributed by atoms with Gasteiger partial charge in [-0.3, -0.25) is 9.69 Å². The second kappa shape index (κ2) is 8.14. The Morgan fingerprint density at radius 3 is 2.81 bits per heavy atom. The molecule has 2 fully saturated rings. The zero-order valence-electron chi connectivity index (χ0n) is 13.9. The van der Waals surface area contributed by atoms with Crippen LogP contribution < -0.4 is 5.32 Å². The van der Waals surface area contributed by atoms with E-state index in [9.17, 15) is 4.79 Å². The first kappa shape index (κ1) is 16.8. The number of carbonyl (C=O) groups is 1. The molecule has 4 nitrogen and oxygen atoms in total. The molecule has 3 atom stereocenters. The largest absolute Gasteiger partial charge is 0.378 e. The normalized spacial score (nSPS) is 27.6. The number of hydrogen-bond acceptors (Lipinski definition) is 3. The van der Waals surface area contributed by atoms with Gasteiger partial charge in [-0.25, -0.2) is 0 Å². The first-order chi connectivity index (χ1) is 10.1. The Balaban J connectivity index is 1.63. The third kappa shape index (κ3) is 5.26. The van der Waals surface area contributed by atoms with Gasteiger partial charge in [-0.1, -0.05) is 20.3 Å². The molecule has 1 N–H and O–H groups in total. The molecular formula is C17H32N2O2. The van der Waals surface area contributed by atoms with Gasteiger partial charge >= 0.3 is 0 Å². The third-order valence-electron chi connectivity index (χ3n) is 4.74. The molecule has 0 aromatic heterocycles. The van der Waals surface area contributed by atoms with E-state index in [0.717, 1.165) is 19.4 Å². The standard InChI is InChI=1S/C17H32N2O2/c1-13(2)12-14(3)21-11-8-17(20)18-15-7-10-19-9-5-4-6-16(15)19/h13-16H,4-12H2,1-3H3,(H,18,20)/t14-,15+,16-/m0/s1. The molecule has 2 aliphatic rings. The highest BCUT2D eigenvalue weighted by Crippen LogP contribution is 2.27. The van der Waals surface area contributed by atoms with Crippen LogP contribution in [0.3, 0.4) is 0 Å². The van der Waals surface area contributed by atoms with Gasteiger partial charge in [-0.05, 0) is 45.1 Å². The smallest absolute Gasteiger partial charge is 0.222 e. The molecule has 4 heteroatoms. The van der Waals surface area contributed by atoms with E-state index < -0.39 is 0 Å². The van der Waals surface area contributed by atoms with Crippen molar-refractivity contribution in [3.63, 3.8) is 0 Å². The quantitative estimate of drug-likeness (QED) is 0.785. The van der Waals surface area contributed by atoms with Gasteiger partial charge in [0.25, 0.3) is 0 Å². The van der Waals surface area contributed by atoms with Crippen molar-refractivity contribution < 1.29 is 9.53 Å². The van der Waals surface area contributed by atoms with Crippen LogP contribution in [0, 0.1) is 5.92 Å². The molecule has 2 saturated heterocycles. The van der Waals surface area contributed by atoms with Gasteiger partial charge in [0.05, 0.1) is 12.7 Å². The Morgan fingerprint density at radius 2 is 2.05 bits per heavy atom. The van der Waals surface area contributed by atoms with E-state index in [4.69, 9.17) is 4.74 Å². The van der Waals surface area contributed by atoms with Crippen molar-refractivity contribution in [2.24, 2.45) is 5.92 Å². The predicted molar refractivity (Wildman–Crippen MR) is 85.2 cm³/mol. The average Bonchev–Trinajstić information content (AvgIpc) is 2.81. The van der Waals surface area contributed by atoms with E-state index in [1.807, 2.05) is 0 Å². The summed E-state index contributed by atoms with van der Waals surface area (Å²) in [6.07, 6.45) is 6.78. The topological polar surface area (TPSA) is 41.6 Å². The summed E-state index contributed by atoms with van der Waals surface area (Å²) in [7, 11) is 0. The van der Waals surface area contributed by atoms with E-state index in [0.29, 0.717) is 31.0 Å². The number of amides is 1. The van der Waals surface area contributed by atoms with Gasteiger partial charge in [0.15, 0.2) is 0 Å². The van der Waals surface area contributed by atoms with Gasteiger partial charge in [0.2, 0.25) is 5.91 Å². The van der Waals surface area contributed by atoms with Crippen molar-refractivity contribution in [2.75, 3.05) is 19.7 Å². The highest BCUT2D eigenvalue weighted by Gasteiger charge is 2.35. The van der Waals surface area contributed by atoms with Gasteiger partial charge < -0.3 is 10.1 Å². The van der Waals surface area contributed by atoms with Crippen molar-refractivity contribution in [2.45, 2.75) is 77.5 Å². The van der Waals surface area contributed by atoms with Crippen molar-refractivity contribution in [1.82, 2.24) is 10.2 Å². The van der Waals surface area contributed by atoms with E-state index in [1.54, 1.807) is 0 Å². The Bertz CT molecular complexity index is 333. The number of nitrogens with zero attached hydrogens (tertiary/aromatic N) is 1. The lowest BCUT2D eigenvalue weighted by Crippen LogP contribution is -2.47. The molecule has 21 heavy (non-hydrogen) atoms. The van der Waals surface area contributed by atoms with Crippen LogP contribution in [0.4, 0.5) is 0 Å². The van der Waals surface area contributed by atoms with Gasteiger partial charge in [-0.15, -0.1) is 0 Å². The summed E-state index contributed by atoms with van der Waals surface area (Å²) in [6.45, 7) is 9.39. The third-order valence-corrected chi connectivity index (χ3v) is 4.74. The predicted octanol–water partition coefficient (Wildman–Crippen LogP) is 2.57. The van der Waals surface area contributed by atoms with Crippen molar-refractivity contribution in [3.8, 4) is 0 Å². The molecule has 0 bridgehead atoms. The van der Waals surface area contributed by atoms with Crippen molar-refractivity contribution in [1.29, 1.82) is 0 Å². The number of ether oxygens (including phenoxy) is 1. The molecule has 0 aromatic rings. The number of fused-ring (bicyclic) bond motifs is 1. The van der Waals surface area contributed by atoms with Crippen LogP contribution in [0.1, 0.15) is 59.3 Å². The van der Waals surface area contributed by atoms with E-state index in [-0.39, 0.29) is 12.0 Å².